The summed E-state index contributed by atoms with van der Waals surface area (Å²) >= 11 is 0. The first-order valence-corrected chi connectivity index (χ1v) is 6.17. The molecule has 2 aromatic rings. The second-order valence-corrected chi connectivity index (χ2v) is 4.54. The van der Waals surface area contributed by atoms with Gasteiger partial charge in [-0.25, -0.2) is 0 Å². The van der Waals surface area contributed by atoms with Crippen LogP contribution in [0.3, 0.4) is 0 Å². The molecule has 0 aliphatic heterocycles. The van der Waals surface area contributed by atoms with Crippen LogP contribution >= 0.6 is 0 Å². The van der Waals surface area contributed by atoms with Crippen molar-refractivity contribution in [1.29, 1.82) is 0 Å². The highest BCUT2D eigenvalue weighted by Gasteiger charge is 2.14. The molecule has 0 aromatic heterocycles. The standard InChI is InChI=1S/C16H16O3/c1-11(2)19-13-8-9-14(15(17)10-13)16(18)12-6-4-3-5-7-12/h3-11,17H,1-2H3. The van der Waals surface area contributed by atoms with Crippen molar-refractivity contribution in [3.8, 4) is 11.5 Å². The van der Waals surface area contributed by atoms with Crippen LogP contribution in [0.4, 0.5) is 0 Å². The minimum atomic E-state index is -0.200. The van der Waals surface area contributed by atoms with Gasteiger partial charge in [-0.15, -0.1) is 0 Å². The lowest BCUT2D eigenvalue weighted by Gasteiger charge is -2.11. The molecule has 1 N–H and O–H groups in total. The SMILES string of the molecule is CC(C)Oc1ccc(C(=O)c2ccccc2)c(O)c1. The van der Waals surface area contributed by atoms with Gasteiger partial charge in [0, 0.05) is 11.6 Å². The maximum absolute atomic E-state index is 12.2. The van der Waals surface area contributed by atoms with Gasteiger partial charge in [0.15, 0.2) is 5.78 Å². The lowest BCUT2D eigenvalue weighted by molar-refractivity contribution is 0.103. The molecular weight excluding hydrogens is 240 g/mol. The number of carbonyl (C=O) groups is 1. The van der Waals surface area contributed by atoms with Crippen LogP contribution in [0, 0.1) is 0 Å². The second-order valence-electron chi connectivity index (χ2n) is 4.54. The molecule has 0 saturated heterocycles. The second kappa shape index (κ2) is 5.57. The number of ketones is 1. The van der Waals surface area contributed by atoms with Crippen molar-refractivity contribution >= 4 is 5.78 Å². The van der Waals surface area contributed by atoms with Gasteiger partial charge in [-0.2, -0.15) is 0 Å². The molecule has 0 atom stereocenters. The number of carbonyl (C=O) groups excluding carboxylic acids is 1. The van der Waals surface area contributed by atoms with Crippen LogP contribution in [0.2, 0.25) is 0 Å². The zero-order valence-corrected chi connectivity index (χ0v) is 11.0. The van der Waals surface area contributed by atoms with Crippen molar-refractivity contribution in [1.82, 2.24) is 0 Å². The average molecular weight is 256 g/mol. The maximum Gasteiger partial charge on any atom is 0.196 e. The summed E-state index contributed by atoms with van der Waals surface area (Å²) in [4.78, 5) is 12.2. The minimum absolute atomic E-state index is 0.0232. The van der Waals surface area contributed by atoms with Crippen molar-refractivity contribution in [3.63, 3.8) is 0 Å². The Morgan fingerprint density at radius 2 is 1.79 bits per heavy atom. The Hall–Kier alpha value is -2.29. The number of ether oxygens (including phenoxy) is 1. The van der Waals surface area contributed by atoms with Crippen molar-refractivity contribution in [3.05, 3.63) is 59.7 Å². The summed E-state index contributed by atoms with van der Waals surface area (Å²) in [6.07, 6.45) is 0.0232. The molecule has 3 heteroatoms. The molecule has 0 saturated carbocycles. The molecule has 0 bridgehead atoms. The summed E-state index contributed by atoms with van der Waals surface area (Å²) in [5.41, 5.74) is 0.831. The predicted octanol–water partition coefficient (Wildman–Crippen LogP) is 3.41. The fraction of sp³-hybridized carbons (Fsp3) is 0.188. The van der Waals surface area contributed by atoms with Gasteiger partial charge >= 0.3 is 0 Å². The van der Waals surface area contributed by atoms with Crippen molar-refractivity contribution < 1.29 is 14.6 Å². The fourth-order valence-electron chi connectivity index (χ4n) is 1.79. The van der Waals surface area contributed by atoms with Crippen molar-refractivity contribution in [2.75, 3.05) is 0 Å². The molecule has 0 heterocycles. The third kappa shape index (κ3) is 3.13. The first-order chi connectivity index (χ1) is 9.08. The minimum Gasteiger partial charge on any atom is -0.507 e. The lowest BCUT2D eigenvalue weighted by Crippen LogP contribution is -2.06. The van der Waals surface area contributed by atoms with E-state index in [0.29, 0.717) is 11.3 Å². The van der Waals surface area contributed by atoms with Gasteiger partial charge in [-0.1, -0.05) is 30.3 Å². The van der Waals surface area contributed by atoms with Crippen molar-refractivity contribution in [2.45, 2.75) is 20.0 Å². The summed E-state index contributed by atoms with van der Waals surface area (Å²) in [5.74, 6) is 0.290. The Morgan fingerprint density at radius 3 is 2.37 bits per heavy atom. The molecule has 0 aliphatic carbocycles. The van der Waals surface area contributed by atoms with Crippen LogP contribution in [0.15, 0.2) is 48.5 Å². The molecule has 0 unspecified atom stereocenters. The molecule has 2 rings (SSSR count). The van der Waals surface area contributed by atoms with Crippen LogP contribution in [0.5, 0.6) is 11.5 Å². The van der Waals surface area contributed by atoms with Gasteiger partial charge in [0.05, 0.1) is 11.7 Å². The zero-order chi connectivity index (χ0) is 13.8. The molecule has 0 spiro atoms. The van der Waals surface area contributed by atoms with E-state index < -0.39 is 0 Å². The third-order valence-electron chi connectivity index (χ3n) is 2.62. The quantitative estimate of drug-likeness (QED) is 0.853. The highest BCUT2D eigenvalue weighted by Crippen LogP contribution is 2.26. The van der Waals surface area contributed by atoms with Crippen LogP contribution in [0.25, 0.3) is 0 Å². The molecule has 0 radical (unpaired) electrons. The smallest absolute Gasteiger partial charge is 0.196 e. The largest absolute Gasteiger partial charge is 0.507 e. The number of phenolic OH excluding ortho intramolecular Hbond substituents is 1. The molecule has 98 valence electrons. The van der Waals surface area contributed by atoms with E-state index in [1.165, 1.54) is 6.07 Å². The monoisotopic (exact) mass is 256 g/mol. The first-order valence-electron chi connectivity index (χ1n) is 6.17. The Bertz CT molecular complexity index is 574. The predicted molar refractivity (Wildman–Crippen MR) is 73.7 cm³/mol. The molecule has 0 aliphatic rings. The van der Waals surface area contributed by atoms with Crippen LogP contribution < -0.4 is 4.74 Å². The summed E-state index contributed by atoms with van der Waals surface area (Å²) < 4.78 is 5.46. The van der Waals surface area contributed by atoms with Gasteiger partial charge in [0.25, 0.3) is 0 Å². The summed E-state index contributed by atoms with van der Waals surface area (Å²) in [6.45, 7) is 3.81. The van der Waals surface area contributed by atoms with E-state index in [0.717, 1.165) is 0 Å². The van der Waals surface area contributed by atoms with Gasteiger partial charge in [-0.05, 0) is 26.0 Å². The van der Waals surface area contributed by atoms with E-state index in [1.54, 1.807) is 36.4 Å². The van der Waals surface area contributed by atoms with E-state index in [2.05, 4.69) is 0 Å². The number of benzene rings is 2. The van der Waals surface area contributed by atoms with E-state index in [4.69, 9.17) is 4.74 Å². The lowest BCUT2D eigenvalue weighted by atomic mass is 10.0. The maximum atomic E-state index is 12.2. The summed E-state index contributed by atoms with van der Waals surface area (Å²) in [7, 11) is 0. The van der Waals surface area contributed by atoms with Gasteiger partial charge < -0.3 is 9.84 Å². The highest BCUT2D eigenvalue weighted by atomic mass is 16.5. The van der Waals surface area contributed by atoms with Crippen molar-refractivity contribution in [2.24, 2.45) is 0 Å². The summed E-state index contributed by atoms with van der Waals surface area (Å²) in [5, 5.41) is 9.94. The van der Waals surface area contributed by atoms with E-state index in [1.807, 2.05) is 19.9 Å². The number of rotatable bonds is 4. The topological polar surface area (TPSA) is 46.5 Å². The molecular formula is C16H16O3. The normalized spacial score (nSPS) is 10.5. The molecule has 2 aromatic carbocycles. The van der Waals surface area contributed by atoms with E-state index >= 15 is 0 Å². The Kier molecular flexibility index (Phi) is 3.85. The Labute approximate surface area is 112 Å². The fourth-order valence-corrected chi connectivity index (χ4v) is 1.79. The third-order valence-corrected chi connectivity index (χ3v) is 2.62. The molecule has 19 heavy (non-hydrogen) atoms. The molecule has 0 fully saturated rings. The summed E-state index contributed by atoms with van der Waals surface area (Å²) in [6, 6.07) is 13.6. The van der Waals surface area contributed by atoms with E-state index in [9.17, 15) is 9.90 Å². The number of hydrogen-bond acceptors (Lipinski definition) is 3. The number of phenols is 1. The molecule has 0 amide bonds. The van der Waals surface area contributed by atoms with Gasteiger partial charge in [0.1, 0.15) is 11.5 Å². The van der Waals surface area contributed by atoms with Gasteiger partial charge in [0.2, 0.25) is 0 Å². The van der Waals surface area contributed by atoms with E-state index in [-0.39, 0.29) is 23.2 Å². The van der Waals surface area contributed by atoms with Gasteiger partial charge in [-0.3, -0.25) is 4.79 Å². The Morgan fingerprint density at radius 1 is 1.11 bits per heavy atom. The van der Waals surface area contributed by atoms with Crippen LogP contribution in [0.1, 0.15) is 29.8 Å². The first kappa shape index (κ1) is 13.1. The van der Waals surface area contributed by atoms with Crippen LogP contribution in [-0.2, 0) is 0 Å². The highest BCUT2D eigenvalue weighted by molar-refractivity contribution is 6.10. The number of hydrogen-bond donors (Lipinski definition) is 1. The molecule has 3 nitrogen and oxygen atoms in total. The zero-order valence-electron chi connectivity index (χ0n) is 11.0. The number of aromatic hydroxyl groups is 1. The average Bonchev–Trinajstić information content (AvgIpc) is 2.38. The Balaban J connectivity index is 2.29. The van der Waals surface area contributed by atoms with Crippen LogP contribution in [-0.4, -0.2) is 17.0 Å².